The van der Waals surface area contributed by atoms with Crippen LogP contribution in [0.25, 0.3) is 11.4 Å². The second-order valence-corrected chi connectivity index (χ2v) is 4.92. The molecule has 0 spiro atoms. The van der Waals surface area contributed by atoms with Crippen LogP contribution >= 0.6 is 0 Å². The van der Waals surface area contributed by atoms with E-state index in [0.29, 0.717) is 11.6 Å². The van der Waals surface area contributed by atoms with Gasteiger partial charge < -0.3 is 5.73 Å². The summed E-state index contributed by atoms with van der Waals surface area (Å²) in [6.45, 7) is -0.216. The molecule has 7 heteroatoms. The van der Waals surface area contributed by atoms with E-state index in [1.165, 1.54) is 4.68 Å². The van der Waals surface area contributed by atoms with Crippen LogP contribution < -0.4 is 5.73 Å². The summed E-state index contributed by atoms with van der Waals surface area (Å²) in [6.07, 6.45) is -4.40. The van der Waals surface area contributed by atoms with Crippen molar-refractivity contribution >= 4 is 0 Å². The number of nitrogens with two attached hydrogens (primary N) is 1. The number of hydrogen-bond donors (Lipinski definition) is 1. The number of aromatic nitrogens is 3. The van der Waals surface area contributed by atoms with E-state index in [0.717, 1.165) is 5.56 Å². The fraction of sp³-hybridized carbons (Fsp3) is 0.385. The molecule has 1 aliphatic heterocycles. The molecule has 0 bridgehead atoms. The summed E-state index contributed by atoms with van der Waals surface area (Å²) in [4.78, 5) is 4.28. The van der Waals surface area contributed by atoms with Gasteiger partial charge in [0, 0.05) is 5.56 Å². The predicted molar refractivity (Wildman–Crippen MR) is 66.5 cm³/mol. The molecule has 2 N–H and O–H groups in total. The summed E-state index contributed by atoms with van der Waals surface area (Å²) in [5.41, 5.74) is 6.57. The molecule has 2 unspecified atom stereocenters. The smallest absolute Gasteiger partial charge is 0.321 e. The van der Waals surface area contributed by atoms with Crippen LogP contribution in [0.5, 0.6) is 0 Å². The van der Waals surface area contributed by atoms with E-state index in [1.54, 1.807) is 0 Å². The molecule has 0 aliphatic carbocycles. The number of hydrogen-bond acceptors (Lipinski definition) is 3. The van der Waals surface area contributed by atoms with Crippen LogP contribution in [-0.2, 0) is 6.54 Å². The lowest BCUT2D eigenvalue weighted by Gasteiger charge is -2.28. The number of benzene rings is 1. The topological polar surface area (TPSA) is 56.7 Å². The molecule has 0 saturated carbocycles. The third-order valence-corrected chi connectivity index (χ3v) is 3.46. The van der Waals surface area contributed by atoms with E-state index in [1.807, 2.05) is 30.3 Å². The Morgan fingerprint density at radius 3 is 2.55 bits per heavy atom. The SMILES string of the molecule is NC1CC(C(F)(F)F)Cn2nc(-c3ccccc3)nc21. The highest BCUT2D eigenvalue weighted by atomic mass is 19.4. The van der Waals surface area contributed by atoms with Gasteiger partial charge in [0.2, 0.25) is 0 Å². The number of halogens is 3. The van der Waals surface area contributed by atoms with E-state index in [2.05, 4.69) is 10.1 Å². The largest absolute Gasteiger partial charge is 0.393 e. The van der Waals surface area contributed by atoms with Gasteiger partial charge in [0.1, 0.15) is 5.82 Å². The molecule has 0 radical (unpaired) electrons. The number of rotatable bonds is 1. The first-order valence-corrected chi connectivity index (χ1v) is 6.27. The lowest BCUT2D eigenvalue weighted by atomic mass is 9.96. The number of nitrogens with zero attached hydrogens (tertiary/aromatic N) is 3. The minimum Gasteiger partial charge on any atom is -0.321 e. The normalized spacial score (nSPS) is 22.6. The average molecular weight is 282 g/mol. The van der Waals surface area contributed by atoms with Gasteiger partial charge >= 0.3 is 6.18 Å². The van der Waals surface area contributed by atoms with Crippen molar-refractivity contribution in [2.75, 3.05) is 0 Å². The molecule has 2 aromatic rings. The fourth-order valence-corrected chi connectivity index (χ4v) is 2.40. The minimum absolute atomic E-state index is 0.142. The highest BCUT2D eigenvalue weighted by Gasteiger charge is 2.44. The number of alkyl halides is 3. The fourth-order valence-electron chi connectivity index (χ4n) is 2.40. The summed E-state index contributed by atoms with van der Waals surface area (Å²) in [5, 5.41) is 4.16. The third kappa shape index (κ3) is 2.29. The Morgan fingerprint density at radius 1 is 1.20 bits per heavy atom. The van der Waals surface area contributed by atoms with E-state index in [-0.39, 0.29) is 13.0 Å². The molecule has 1 aromatic heterocycles. The van der Waals surface area contributed by atoms with E-state index >= 15 is 0 Å². The van der Waals surface area contributed by atoms with Gasteiger partial charge in [-0.05, 0) is 6.42 Å². The minimum atomic E-state index is -4.26. The van der Waals surface area contributed by atoms with Crippen molar-refractivity contribution in [1.82, 2.24) is 14.8 Å². The van der Waals surface area contributed by atoms with Crippen molar-refractivity contribution in [2.24, 2.45) is 11.7 Å². The molecule has 1 aliphatic rings. The Balaban J connectivity index is 1.96. The second kappa shape index (κ2) is 4.59. The summed E-state index contributed by atoms with van der Waals surface area (Å²) < 4.78 is 39.8. The quantitative estimate of drug-likeness (QED) is 0.874. The van der Waals surface area contributed by atoms with Crippen LogP contribution in [0.15, 0.2) is 30.3 Å². The molecule has 0 fully saturated rings. The molecule has 20 heavy (non-hydrogen) atoms. The van der Waals surface area contributed by atoms with Crippen molar-refractivity contribution in [3.63, 3.8) is 0 Å². The zero-order chi connectivity index (χ0) is 14.3. The molecule has 2 atom stereocenters. The zero-order valence-corrected chi connectivity index (χ0v) is 10.5. The monoisotopic (exact) mass is 282 g/mol. The van der Waals surface area contributed by atoms with Crippen molar-refractivity contribution in [2.45, 2.75) is 25.2 Å². The molecule has 4 nitrogen and oxygen atoms in total. The predicted octanol–water partition coefficient (Wildman–Crippen LogP) is 2.53. The molecule has 106 valence electrons. The highest BCUT2D eigenvalue weighted by molar-refractivity contribution is 5.54. The average Bonchev–Trinajstić information content (AvgIpc) is 2.83. The summed E-state index contributed by atoms with van der Waals surface area (Å²) in [5.74, 6) is -0.626. The van der Waals surface area contributed by atoms with Crippen LogP contribution in [-0.4, -0.2) is 20.9 Å². The first kappa shape index (κ1) is 13.1. The summed E-state index contributed by atoms with van der Waals surface area (Å²) in [7, 11) is 0. The van der Waals surface area contributed by atoms with Crippen molar-refractivity contribution in [1.29, 1.82) is 0 Å². The van der Waals surface area contributed by atoms with E-state index in [9.17, 15) is 13.2 Å². The maximum Gasteiger partial charge on any atom is 0.393 e. The molecule has 0 saturated heterocycles. The van der Waals surface area contributed by atoms with Crippen LogP contribution in [0.1, 0.15) is 18.3 Å². The summed E-state index contributed by atoms with van der Waals surface area (Å²) >= 11 is 0. The van der Waals surface area contributed by atoms with E-state index < -0.39 is 18.1 Å². The van der Waals surface area contributed by atoms with Gasteiger partial charge in [0.25, 0.3) is 0 Å². The molecule has 1 aromatic carbocycles. The van der Waals surface area contributed by atoms with Gasteiger partial charge in [0.15, 0.2) is 5.82 Å². The lowest BCUT2D eigenvalue weighted by molar-refractivity contribution is -0.184. The summed E-state index contributed by atoms with van der Waals surface area (Å²) in [6, 6.07) is 8.40. The van der Waals surface area contributed by atoms with Crippen LogP contribution in [0, 0.1) is 5.92 Å². The molecule has 2 heterocycles. The van der Waals surface area contributed by atoms with Gasteiger partial charge in [-0.3, -0.25) is 0 Å². The molecule has 3 rings (SSSR count). The Hall–Kier alpha value is -1.89. The Morgan fingerprint density at radius 2 is 1.90 bits per heavy atom. The van der Waals surface area contributed by atoms with Gasteiger partial charge in [-0.25, -0.2) is 9.67 Å². The number of fused-ring (bicyclic) bond motifs is 1. The van der Waals surface area contributed by atoms with E-state index in [4.69, 9.17) is 5.73 Å². The molecular formula is C13H13F3N4. The van der Waals surface area contributed by atoms with Crippen molar-refractivity contribution in [3.8, 4) is 11.4 Å². The first-order valence-electron chi connectivity index (χ1n) is 6.27. The Labute approximate surface area is 113 Å². The van der Waals surface area contributed by atoms with Gasteiger partial charge in [0.05, 0.1) is 18.5 Å². The standard InChI is InChI=1S/C13H13F3N4/c14-13(15,16)9-6-10(17)12-18-11(19-20(12)7-9)8-4-2-1-3-5-8/h1-5,9-10H,6-7,17H2. The Bertz CT molecular complexity index is 606. The van der Waals surface area contributed by atoms with Gasteiger partial charge in [-0.2, -0.15) is 18.3 Å². The van der Waals surface area contributed by atoms with Crippen molar-refractivity contribution in [3.05, 3.63) is 36.2 Å². The maximum absolute atomic E-state index is 12.8. The first-order chi connectivity index (χ1) is 9.45. The third-order valence-electron chi connectivity index (χ3n) is 3.46. The second-order valence-electron chi connectivity index (χ2n) is 4.92. The zero-order valence-electron chi connectivity index (χ0n) is 10.5. The van der Waals surface area contributed by atoms with Crippen LogP contribution in [0.2, 0.25) is 0 Å². The maximum atomic E-state index is 12.8. The van der Waals surface area contributed by atoms with Crippen LogP contribution in [0.4, 0.5) is 13.2 Å². The van der Waals surface area contributed by atoms with Crippen molar-refractivity contribution < 1.29 is 13.2 Å². The molecular weight excluding hydrogens is 269 g/mol. The Kier molecular flexibility index (Phi) is 3.01. The van der Waals surface area contributed by atoms with Gasteiger partial charge in [-0.15, -0.1) is 0 Å². The van der Waals surface area contributed by atoms with Gasteiger partial charge in [-0.1, -0.05) is 30.3 Å². The highest BCUT2D eigenvalue weighted by Crippen LogP contribution is 2.37. The lowest BCUT2D eigenvalue weighted by Crippen LogP contribution is -2.37. The molecule has 0 amide bonds. The van der Waals surface area contributed by atoms with Crippen LogP contribution in [0.3, 0.4) is 0 Å².